The van der Waals surface area contributed by atoms with Gasteiger partial charge in [0.05, 0.1) is 25.4 Å². The van der Waals surface area contributed by atoms with Crippen LogP contribution in [0.2, 0.25) is 0 Å². The standard InChI is InChI=1S/C44H85NO8/c1-3-5-7-9-11-13-14-15-16-17-18-19-20-21-22-23-24-26-28-30-32-34-40(48)45-37(38(47)33-31-29-27-25-12-10-8-6-4-2)36-52-44-43(51)42(50)41(49)39(35-46)53-44/h17-18,37-39,41-44,46-47,49-51H,3-16,19-36H2,1-2H3,(H,45,48)/b18-17-. The van der Waals surface area contributed by atoms with Crippen LogP contribution in [0, 0.1) is 0 Å². The highest BCUT2D eigenvalue weighted by molar-refractivity contribution is 5.76. The van der Waals surface area contributed by atoms with E-state index in [1.807, 2.05) is 0 Å². The first-order valence-electron chi connectivity index (χ1n) is 22.4. The second-order valence-corrected chi connectivity index (χ2v) is 15.8. The fraction of sp³-hybridized carbons (Fsp3) is 0.932. The van der Waals surface area contributed by atoms with Gasteiger partial charge in [-0.3, -0.25) is 4.79 Å². The molecule has 0 spiro atoms. The van der Waals surface area contributed by atoms with Crippen LogP contribution in [0.5, 0.6) is 0 Å². The van der Waals surface area contributed by atoms with E-state index in [1.54, 1.807) is 0 Å². The van der Waals surface area contributed by atoms with Crippen molar-refractivity contribution in [2.75, 3.05) is 13.2 Å². The number of carbonyl (C=O) groups excluding carboxylic acids is 1. The molecule has 0 bridgehead atoms. The lowest BCUT2D eigenvalue weighted by Gasteiger charge is -2.40. The number of rotatable bonds is 37. The zero-order valence-corrected chi connectivity index (χ0v) is 34.3. The maximum atomic E-state index is 12.9. The Bertz CT molecular complexity index is 842. The van der Waals surface area contributed by atoms with Crippen LogP contribution in [0.1, 0.15) is 206 Å². The van der Waals surface area contributed by atoms with Crippen LogP contribution in [-0.2, 0) is 14.3 Å². The average Bonchev–Trinajstić information content (AvgIpc) is 3.16. The van der Waals surface area contributed by atoms with E-state index < -0.39 is 49.5 Å². The van der Waals surface area contributed by atoms with Gasteiger partial charge in [-0.25, -0.2) is 0 Å². The van der Waals surface area contributed by atoms with Crippen LogP contribution in [-0.4, -0.2) is 87.5 Å². The maximum absolute atomic E-state index is 12.9. The summed E-state index contributed by atoms with van der Waals surface area (Å²) in [5.41, 5.74) is 0. The van der Waals surface area contributed by atoms with E-state index in [9.17, 15) is 30.3 Å². The molecular weight excluding hydrogens is 670 g/mol. The van der Waals surface area contributed by atoms with Crippen molar-refractivity contribution in [2.45, 2.75) is 249 Å². The third kappa shape index (κ3) is 26.4. The van der Waals surface area contributed by atoms with E-state index in [0.29, 0.717) is 12.8 Å². The lowest BCUT2D eigenvalue weighted by atomic mass is 9.99. The highest BCUT2D eigenvalue weighted by Gasteiger charge is 2.44. The van der Waals surface area contributed by atoms with Crippen LogP contribution in [0.15, 0.2) is 12.2 Å². The van der Waals surface area contributed by atoms with E-state index in [4.69, 9.17) is 9.47 Å². The smallest absolute Gasteiger partial charge is 0.220 e. The molecule has 53 heavy (non-hydrogen) atoms. The van der Waals surface area contributed by atoms with Crippen LogP contribution >= 0.6 is 0 Å². The van der Waals surface area contributed by atoms with Gasteiger partial charge >= 0.3 is 0 Å². The van der Waals surface area contributed by atoms with Gasteiger partial charge in [-0.2, -0.15) is 0 Å². The molecule has 1 fully saturated rings. The molecule has 314 valence electrons. The van der Waals surface area contributed by atoms with Crippen molar-refractivity contribution in [1.82, 2.24) is 5.32 Å². The van der Waals surface area contributed by atoms with Gasteiger partial charge in [0.25, 0.3) is 0 Å². The van der Waals surface area contributed by atoms with E-state index in [1.165, 1.54) is 141 Å². The Kier molecular flexibility index (Phi) is 33.3. The second-order valence-electron chi connectivity index (χ2n) is 15.8. The number of ether oxygens (including phenoxy) is 2. The molecule has 6 N–H and O–H groups in total. The third-order valence-electron chi connectivity index (χ3n) is 10.9. The fourth-order valence-corrected chi connectivity index (χ4v) is 7.21. The Morgan fingerprint density at radius 1 is 0.623 bits per heavy atom. The third-order valence-corrected chi connectivity index (χ3v) is 10.9. The Morgan fingerprint density at radius 2 is 1.06 bits per heavy atom. The summed E-state index contributed by atoms with van der Waals surface area (Å²) in [7, 11) is 0. The number of hydrogen-bond donors (Lipinski definition) is 6. The summed E-state index contributed by atoms with van der Waals surface area (Å²) in [4.78, 5) is 12.9. The molecule has 0 aliphatic carbocycles. The molecular formula is C44H85NO8. The monoisotopic (exact) mass is 756 g/mol. The lowest BCUT2D eigenvalue weighted by molar-refractivity contribution is -0.302. The Balaban J connectivity index is 2.26. The van der Waals surface area contributed by atoms with Gasteiger partial charge in [0.15, 0.2) is 6.29 Å². The number of hydrogen-bond acceptors (Lipinski definition) is 8. The van der Waals surface area contributed by atoms with E-state index in [2.05, 4.69) is 31.3 Å². The molecule has 9 heteroatoms. The lowest BCUT2D eigenvalue weighted by Crippen LogP contribution is -2.60. The molecule has 0 aromatic rings. The maximum Gasteiger partial charge on any atom is 0.220 e. The van der Waals surface area contributed by atoms with Crippen molar-refractivity contribution in [1.29, 1.82) is 0 Å². The Labute approximate surface area is 325 Å². The molecule has 0 radical (unpaired) electrons. The van der Waals surface area contributed by atoms with Crippen molar-refractivity contribution >= 4 is 5.91 Å². The molecule has 0 aromatic heterocycles. The largest absolute Gasteiger partial charge is 0.394 e. The Hall–Kier alpha value is -1.07. The number of carbonyl (C=O) groups is 1. The van der Waals surface area contributed by atoms with Crippen molar-refractivity contribution in [3.63, 3.8) is 0 Å². The molecule has 1 aliphatic heterocycles. The summed E-state index contributed by atoms with van der Waals surface area (Å²) in [5.74, 6) is -0.148. The fourth-order valence-electron chi connectivity index (χ4n) is 7.21. The molecule has 1 aliphatic rings. The number of aliphatic hydroxyl groups is 5. The number of amides is 1. The zero-order valence-electron chi connectivity index (χ0n) is 34.3. The van der Waals surface area contributed by atoms with Gasteiger partial charge in [-0.05, 0) is 38.5 Å². The molecule has 0 aromatic carbocycles. The number of allylic oxidation sites excluding steroid dienone is 2. The molecule has 1 amide bonds. The van der Waals surface area contributed by atoms with Crippen LogP contribution in [0.25, 0.3) is 0 Å². The minimum Gasteiger partial charge on any atom is -0.394 e. The summed E-state index contributed by atoms with van der Waals surface area (Å²) in [6, 6.07) is -0.714. The molecule has 1 heterocycles. The van der Waals surface area contributed by atoms with Crippen LogP contribution < -0.4 is 5.32 Å². The normalized spacial score (nSPS) is 21.7. The first-order chi connectivity index (χ1) is 25.8. The molecule has 7 unspecified atom stereocenters. The topological polar surface area (TPSA) is 149 Å². The molecule has 9 nitrogen and oxygen atoms in total. The predicted molar refractivity (Wildman–Crippen MR) is 217 cm³/mol. The van der Waals surface area contributed by atoms with Gasteiger partial charge < -0.3 is 40.3 Å². The predicted octanol–water partition coefficient (Wildman–Crippen LogP) is 8.95. The molecule has 1 rings (SSSR count). The zero-order chi connectivity index (χ0) is 38.8. The van der Waals surface area contributed by atoms with Crippen LogP contribution in [0.3, 0.4) is 0 Å². The minimum absolute atomic E-state index is 0.136. The highest BCUT2D eigenvalue weighted by atomic mass is 16.7. The van der Waals surface area contributed by atoms with Gasteiger partial charge in [0.2, 0.25) is 5.91 Å². The van der Waals surface area contributed by atoms with E-state index in [0.717, 1.165) is 38.5 Å². The first kappa shape index (κ1) is 49.9. The molecule has 7 atom stereocenters. The van der Waals surface area contributed by atoms with E-state index >= 15 is 0 Å². The summed E-state index contributed by atoms with van der Waals surface area (Å²) in [6.07, 6.45) is 32.3. The second kappa shape index (κ2) is 35.4. The van der Waals surface area contributed by atoms with E-state index in [-0.39, 0.29) is 12.5 Å². The SMILES string of the molecule is CCCCCCCCCC/C=C\CCCCCCCCCCCC(=O)NC(COC1OC(CO)C(O)C(O)C1O)C(O)CCCCCCCCCCC. The number of unbranched alkanes of at least 4 members (excludes halogenated alkanes) is 25. The summed E-state index contributed by atoms with van der Waals surface area (Å²) in [6.45, 7) is 3.80. The highest BCUT2D eigenvalue weighted by Crippen LogP contribution is 2.23. The summed E-state index contributed by atoms with van der Waals surface area (Å²) >= 11 is 0. The molecule has 0 saturated carbocycles. The van der Waals surface area contributed by atoms with Gasteiger partial charge in [-0.1, -0.05) is 174 Å². The van der Waals surface area contributed by atoms with Gasteiger partial charge in [0, 0.05) is 6.42 Å². The number of aliphatic hydroxyl groups excluding tert-OH is 5. The number of nitrogens with one attached hydrogen (secondary N) is 1. The van der Waals surface area contributed by atoms with Gasteiger partial charge in [0.1, 0.15) is 24.4 Å². The quantitative estimate of drug-likeness (QED) is 0.0272. The molecule has 1 saturated heterocycles. The Morgan fingerprint density at radius 3 is 1.53 bits per heavy atom. The average molecular weight is 756 g/mol. The van der Waals surface area contributed by atoms with Crippen LogP contribution in [0.4, 0.5) is 0 Å². The summed E-state index contributed by atoms with van der Waals surface area (Å²) < 4.78 is 11.2. The van der Waals surface area contributed by atoms with Crippen molar-refractivity contribution < 1.29 is 39.8 Å². The minimum atomic E-state index is -1.55. The summed E-state index contributed by atoms with van der Waals surface area (Å²) in [5, 5.41) is 54.1. The first-order valence-corrected chi connectivity index (χ1v) is 22.4. The van der Waals surface area contributed by atoms with Crippen molar-refractivity contribution in [2.24, 2.45) is 0 Å². The van der Waals surface area contributed by atoms with Crippen molar-refractivity contribution in [3.05, 3.63) is 12.2 Å². The van der Waals surface area contributed by atoms with Crippen molar-refractivity contribution in [3.8, 4) is 0 Å². The van der Waals surface area contributed by atoms with Gasteiger partial charge in [-0.15, -0.1) is 0 Å².